The number of thiocarbonyl (C=S) groups is 1. The molecule has 0 fully saturated rings. The summed E-state index contributed by atoms with van der Waals surface area (Å²) in [5.41, 5.74) is 8.51. The van der Waals surface area contributed by atoms with Gasteiger partial charge in [-0.1, -0.05) is 44.3 Å². The van der Waals surface area contributed by atoms with Crippen molar-refractivity contribution >= 4 is 28.7 Å². The van der Waals surface area contributed by atoms with Gasteiger partial charge in [-0.3, -0.25) is 0 Å². The van der Waals surface area contributed by atoms with Crippen LogP contribution in [0.3, 0.4) is 0 Å². The van der Waals surface area contributed by atoms with Crippen LogP contribution >= 0.6 is 12.2 Å². The maximum Gasteiger partial charge on any atom is 0.131 e. The van der Waals surface area contributed by atoms with Crippen LogP contribution in [0.15, 0.2) is 42.5 Å². The summed E-state index contributed by atoms with van der Waals surface area (Å²) < 4.78 is 0. The van der Waals surface area contributed by atoms with Crippen LogP contribution in [0.4, 0.5) is 11.5 Å². The molecular formula is C15H17N3S. The summed E-state index contributed by atoms with van der Waals surface area (Å²) >= 11 is 4.93. The summed E-state index contributed by atoms with van der Waals surface area (Å²) in [6.45, 7) is 4.34. The van der Waals surface area contributed by atoms with E-state index in [-0.39, 0.29) is 0 Å². The molecule has 1 aromatic carbocycles. The Hall–Kier alpha value is -1.94. The lowest BCUT2D eigenvalue weighted by Crippen LogP contribution is -2.12. The van der Waals surface area contributed by atoms with E-state index in [0.29, 0.717) is 16.6 Å². The molecule has 98 valence electrons. The molecule has 0 unspecified atom stereocenters. The number of nitrogens with one attached hydrogen (secondary N) is 1. The van der Waals surface area contributed by atoms with Crippen LogP contribution in [-0.4, -0.2) is 9.97 Å². The van der Waals surface area contributed by atoms with E-state index in [2.05, 4.69) is 36.3 Å². The first kappa shape index (κ1) is 13.5. The van der Waals surface area contributed by atoms with E-state index in [1.54, 1.807) is 6.07 Å². The van der Waals surface area contributed by atoms with Crippen molar-refractivity contribution < 1.29 is 0 Å². The summed E-state index contributed by atoms with van der Waals surface area (Å²) in [5, 5.41) is 3.27. The number of nitrogens with zero attached hydrogens (tertiary/aromatic N) is 1. The van der Waals surface area contributed by atoms with Gasteiger partial charge in [0.1, 0.15) is 10.8 Å². The number of hydrogen-bond acceptors (Lipinski definition) is 3. The summed E-state index contributed by atoms with van der Waals surface area (Å²) in [6, 6.07) is 13.9. The van der Waals surface area contributed by atoms with E-state index in [0.717, 1.165) is 11.5 Å². The third-order valence-corrected chi connectivity index (χ3v) is 3.04. The molecule has 0 aliphatic heterocycles. The zero-order valence-electron chi connectivity index (χ0n) is 11.1. The van der Waals surface area contributed by atoms with Crippen molar-refractivity contribution in [2.45, 2.75) is 19.8 Å². The van der Waals surface area contributed by atoms with Crippen molar-refractivity contribution in [1.29, 1.82) is 0 Å². The third-order valence-electron chi connectivity index (χ3n) is 2.83. The van der Waals surface area contributed by atoms with E-state index in [1.165, 1.54) is 5.56 Å². The Morgan fingerprint density at radius 3 is 2.63 bits per heavy atom. The topological polar surface area (TPSA) is 50.9 Å². The molecule has 0 bridgehead atoms. The predicted molar refractivity (Wildman–Crippen MR) is 83.9 cm³/mol. The Labute approximate surface area is 118 Å². The molecule has 4 heteroatoms. The molecule has 0 amide bonds. The van der Waals surface area contributed by atoms with Gasteiger partial charge in [0, 0.05) is 5.69 Å². The maximum absolute atomic E-state index is 5.58. The summed E-state index contributed by atoms with van der Waals surface area (Å²) in [5.74, 6) is 1.24. The number of aromatic nitrogens is 1. The van der Waals surface area contributed by atoms with Crippen LogP contribution in [0, 0.1) is 0 Å². The van der Waals surface area contributed by atoms with Crippen molar-refractivity contribution in [3.8, 4) is 0 Å². The zero-order valence-corrected chi connectivity index (χ0v) is 11.9. The lowest BCUT2D eigenvalue weighted by atomic mass is 10.0. The average Bonchev–Trinajstić information content (AvgIpc) is 2.39. The second kappa shape index (κ2) is 5.80. The van der Waals surface area contributed by atoms with Gasteiger partial charge in [0.2, 0.25) is 0 Å². The van der Waals surface area contributed by atoms with Gasteiger partial charge in [0.05, 0.1) is 5.69 Å². The fraction of sp³-hybridized carbons (Fsp3) is 0.200. The monoisotopic (exact) mass is 271 g/mol. The lowest BCUT2D eigenvalue weighted by Gasteiger charge is -2.10. The highest BCUT2D eigenvalue weighted by Gasteiger charge is 2.03. The third kappa shape index (κ3) is 3.51. The van der Waals surface area contributed by atoms with Crippen LogP contribution in [-0.2, 0) is 0 Å². The minimum atomic E-state index is 0.305. The summed E-state index contributed by atoms with van der Waals surface area (Å²) in [4.78, 5) is 4.67. The SMILES string of the molecule is CC(C)c1cccc(Nc2cccc(C(N)=S)n2)c1. The largest absolute Gasteiger partial charge is 0.388 e. The molecule has 1 aromatic heterocycles. The fourth-order valence-electron chi connectivity index (χ4n) is 1.76. The molecule has 1 heterocycles. The van der Waals surface area contributed by atoms with Crippen molar-refractivity contribution in [3.05, 3.63) is 53.7 Å². The van der Waals surface area contributed by atoms with Crippen LogP contribution in [0.25, 0.3) is 0 Å². The van der Waals surface area contributed by atoms with Gasteiger partial charge < -0.3 is 11.1 Å². The van der Waals surface area contributed by atoms with Gasteiger partial charge in [-0.2, -0.15) is 0 Å². The Morgan fingerprint density at radius 1 is 1.21 bits per heavy atom. The van der Waals surface area contributed by atoms with Crippen molar-refractivity contribution in [3.63, 3.8) is 0 Å². The van der Waals surface area contributed by atoms with Crippen molar-refractivity contribution in [1.82, 2.24) is 4.98 Å². The molecule has 0 atom stereocenters. The Kier molecular flexibility index (Phi) is 4.12. The van der Waals surface area contributed by atoms with Gasteiger partial charge in [-0.05, 0) is 35.7 Å². The number of benzene rings is 1. The molecule has 0 aliphatic carbocycles. The first-order valence-corrected chi connectivity index (χ1v) is 6.61. The predicted octanol–water partition coefficient (Wildman–Crippen LogP) is 3.58. The van der Waals surface area contributed by atoms with Crippen LogP contribution in [0.1, 0.15) is 31.0 Å². The molecule has 19 heavy (non-hydrogen) atoms. The maximum atomic E-state index is 5.58. The first-order chi connectivity index (χ1) is 9.06. The number of rotatable bonds is 4. The molecule has 0 saturated heterocycles. The summed E-state index contributed by atoms with van der Waals surface area (Å²) in [7, 11) is 0. The highest BCUT2D eigenvalue weighted by Crippen LogP contribution is 2.21. The Bertz CT molecular complexity index is 593. The molecule has 0 radical (unpaired) electrons. The van der Waals surface area contributed by atoms with Crippen LogP contribution in [0.5, 0.6) is 0 Å². The number of anilines is 2. The Balaban J connectivity index is 2.23. The van der Waals surface area contributed by atoms with Crippen molar-refractivity contribution in [2.24, 2.45) is 5.73 Å². The van der Waals surface area contributed by atoms with E-state index < -0.39 is 0 Å². The van der Waals surface area contributed by atoms with Gasteiger partial charge >= 0.3 is 0 Å². The standard InChI is InChI=1S/C15H17N3S/c1-10(2)11-5-3-6-12(9-11)17-14-8-4-7-13(18-14)15(16)19/h3-10H,1-2H3,(H2,16,19)(H,17,18). The van der Waals surface area contributed by atoms with E-state index in [4.69, 9.17) is 18.0 Å². The molecule has 2 aromatic rings. The fourth-order valence-corrected chi connectivity index (χ4v) is 1.88. The molecule has 2 rings (SSSR count). The Morgan fingerprint density at radius 2 is 1.95 bits per heavy atom. The molecule has 0 saturated carbocycles. The van der Waals surface area contributed by atoms with E-state index in [1.807, 2.05) is 24.3 Å². The molecule has 0 aliphatic rings. The van der Waals surface area contributed by atoms with Crippen LogP contribution in [0.2, 0.25) is 0 Å². The van der Waals surface area contributed by atoms with E-state index >= 15 is 0 Å². The minimum Gasteiger partial charge on any atom is -0.388 e. The molecular weight excluding hydrogens is 254 g/mol. The second-order valence-electron chi connectivity index (χ2n) is 4.68. The van der Waals surface area contributed by atoms with Crippen LogP contribution < -0.4 is 11.1 Å². The van der Waals surface area contributed by atoms with Gasteiger partial charge in [-0.25, -0.2) is 4.98 Å². The second-order valence-corrected chi connectivity index (χ2v) is 5.12. The van der Waals surface area contributed by atoms with E-state index in [9.17, 15) is 0 Å². The lowest BCUT2D eigenvalue weighted by molar-refractivity contribution is 0.867. The van der Waals surface area contributed by atoms with Gasteiger partial charge in [-0.15, -0.1) is 0 Å². The normalized spacial score (nSPS) is 10.5. The highest BCUT2D eigenvalue weighted by molar-refractivity contribution is 7.80. The number of nitrogens with two attached hydrogens (primary N) is 1. The smallest absolute Gasteiger partial charge is 0.131 e. The average molecular weight is 271 g/mol. The highest BCUT2D eigenvalue weighted by atomic mass is 32.1. The number of hydrogen-bond donors (Lipinski definition) is 2. The van der Waals surface area contributed by atoms with Crippen molar-refractivity contribution in [2.75, 3.05) is 5.32 Å². The first-order valence-electron chi connectivity index (χ1n) is 6.20. The number of pyridine rings is 1. The zero-order chi connectivity index (χ0) is 13.8. The minimum absolute atomic E-state index is 0.305. The van der Waals surface area contributed by atoms with Gasteiger partial charge in [0.15, 0.2) is 0 Å². The quantitative estimate of drug-likeness (QED) is 0.834. The van der Waals surface area contributed by atoms with Gasteiger partial charge in [0.25, 0.3) is 0 Å². The molecule has 3 nitrogen and oxygen atoms in total. The molecule has 3 N–H and O–H groups in total. The molecule has 0 spiro atoms. The summed E-state index contributed by atoms with van der Waals surface area (Å²) in [6.07, 6.45) is 0.